The molecule has 0 heterocycles. The summed E-state index contributed by atoms with van der Waals surface area (Å²) >= 11 is 0. The van der Waals surface area contributed by atoms with Gasteiger partial charge in [0.2, 0.25) is 0 Å². The zero-order chi connectivity index (χ0) is 22.2. The number of rotatable bonds is 7. The normalized spacial score (nSPS) is 10.8. The molecule has 31 heavy (non-hydrogen) atoms. The van der Waals surface area contributed by atoms with Gasteiger partial charge in [0.15, 0.2) is 6.61 Å². The van der Waals surface area contributed by atoms with Crippen LogP contribution in [0.2, 0.25) is 0 Å². The highest BCUT2D eigenvalue weighted by Gasteiger charge is 2.10. The van der Waals surface area contributed by atoms with Gasteiger partial charge in [-0.1, -0.05) is 30.3 Å². The molecular formula is C24H19N3O4. The molecule has 0 atom stereocenters. The maximum Gasteiger partial charge on any atom is 0.269 e. The van der Waals surface area contributed by atoms with Crippen LogP contribution in [0.25, 0.3) is 11.6 Å². The molecule has 0 spiro atoms. The van der Waals surface area contributed by atoms with Crippen molar-refractivity contribution in [1.29, 1.82) is 5.26 Å². The number of hydrogen-bond acceptors (Lipinski definition) is 5. The van der Waals surface area contributed by atoms with Gasteiger partial charge in [-0.2, -0.15) is 5.26 Å². The maximum absolute atomic E-state index is 12.2. The van der Waals surface area contributed by atoms with Crippen molar-refractivity contribution in [2.75, 3.05) is 11.9 Å². The van der Waals surface area contributed by atoms with Crippen molar-refractivity contribution in [2.45, 2.75) is 6.92 Å². The lowest BCUT2D eigenvalue weighted by molar-refractivity contribution is -0.384. The summed E-state index contributed by atoms with van der Waals surface area (Å²) in [4.78, 5) is 22.6. The number of aryl methyl sites for hydroxylation is 1. The Morgan fingerprint density at radius 2 is 1.87 bits per heavy atom. The average Bonchev–Trinajstić information content (AvgIpc) is 2.77. The Labute approximate surface area is 179 Å². The van der Waals surface area contributed by atoms with E-state index in [0.29, 0.717) is 28.1 Å². The number of benzene rings is 3. The number of non-ortho nitro benzene ring substituents is 1. The predicted octanol–water partition coefficient (Wildman–Crippen LogP) is 4.98. The molecule has 0 fully saturated rings. The molecule has 7 nitrogen and oxygen atoms in total. The summed E-state index contributed by atoms with van der Waals surface area (Å²) in [7, 11) is 0. The van der Waals surface area contributed by atoms with Crippen LogP contribution in [0.4, 0.5) is 11.4 Å². The van der Waals surface area contributed by atoms with Gasteiger partial charge in [0, 0.05) is 23.4 Å². The highest BCUT2D eigenvalue weighted by Crippen LogP contribution is 2.25. The number of ether oxygens (including phenoxy) is 1. The fourth-order valence-electron chi connectivity index (χ4n) is 2.89. The Morgan fingerprint density at radius 1 is 1.13 bits per heavy atom. The zero-order valence-corrected chi connectivity index (χ0v) is 16.7. The van der Waals surface area contributed by atoms with Crippen LogP contribution in [0.5, 0.6) is 5.75 Å². The summed E-state index contributed by atoms with van der Waals surface area (Å²) in [5.74, 6) is 0.136. The summed E-state index contributed by atoms with van der Waals surface area (Å²) in [6.07, 6.45) is 1.62. The lowest BCUT2D eigenvalue weighted by atomic mass is 10.0. The molecule has 0 bridgehead atoms. The second kappa shape index (κ2) is 9.85. The minimum Gasteiger partial charge on any atom is -0.483 e. The van der Waals surface area contributed by atoms with Crippen molar-refractivity contribution in [1.82, 2.24) is 0 Å². The predicted molar refractivity (Wildman–Crippen MR) is 118 cm³/mol. The number of hydrogen-bond donors (Lipinski definition) is 1. The summed E-state index contributed by atoms with van der Waals surface area (Å²) < 4.78 is 5.68. The quantitative estimate of drug-likeness (QED) is 0.254. The fraction of sp³-hybridized carbons (Fsp3) is 0.0833. The van der Waals surface area contributed by atoms with Gasteiger partial charge in [-0.05, 0) is 54.5 Å². The average molecular weight is 413 g/mol. The molecule has 0 radical (unpaired) electrons. The largest absolute Gasteiger partial charge is 0.483 e. The fourth-order valence-corrected chi connectivity index (χ4v) is 2.89. The second-order valence-corrected chi connectivity index (χ2v) is 6.72. The van der Waals surface area contributed by atoms with Crippen LogP contribution < -0.4 is 10.1 Å². The highest BCUT2D eigenvalue weighted by molar-refractivity contribution is 5.93. The van der Waals surface area contributed by atoms with Crippen LogP contribution in [0.15, 0.2) is 72.8 Å². The van der Waals surface area contributed by atoms with Gasteiger partial charge in [-0.25, -0.2) is 0 Å². The molecule has 0 aliphatic rings. The number of carbonyl (C=O) groups excluding carboxylic acids is 1. The van der Waals surface area contributed by atoms with Gasteiger partial charge in [-0.3, -0.25) is 14.9 Å². The molecule has 0 saturated heterocycles. The number of para-hydroxylation sites is 1. The third-order valence-corrected chi connectivity index (χ3v) is 4.39. The number of anilines is 1. The standard InChI is InChI=1S/C24H19N3O4/c1-17-5-4-7-21(13-17)26-24(28)16-31-23-8-3-2-6-19(23)14-20(15-25)18-9-11-22(12-10-18)27(29)30/h2-14H,16H2,1H3,(H,26,28)/b20-14+. The van der Waals surface area contributed by atoms with E-state index in [4.69, 9.17) is 4.74 Å². The minimum atomic E-state index is -0.496. The molecule has 0 aliphatic heterocycles. The van der Waals surface area contributed by atoms with E-state index in [0.717, 1.165) is 5.56 Å². The van der Waals surface area contributed by atoms with Gasteiger partial charge in [0.1, 0.15) is 5.75 Å². The molecule has 3 rings (SSSR count). The number of nitro groups is 1. The molecule has 0 aliphatic carbocycles. The van der Waals surface area contributed by atoms with Crippen LogP contribution in [-0.2, 0) is 4.79 Å². The van der Waals surface area contributed by atoms with Crippen molar-refractivity contribution in [3.8, 4) is 11.8 Å². The summed E-state index contributed by atoms with van der Waals surface area (Å²) in [5.41, 5.74) is 3.14. The summed E-state index contributed by atoms with van der Waals surface area (Å²) in [5, 5.41) is 23.2. The van der Waals surface area contributed by atoms with E-state index in [1.807, 2.05) is 25.1 Å². The topological polar surface area (TPSA) is 105 Å². The highest BCUT2D eigenvalue weighted by atomic mass is 16.6. The van der Waals surface area contributed by atoms with Crippen LogP contribution in [0.3, 0.4) is 0 Å². The van der Waals surface area contributed by atoms with E-state index >= 15 is 0 Å². The first-order chi connectivity index (χ1) is 15.0. The van der Waals surface area contributed by atoms with Crippen molar-refractivity contribution in [3.05, 3.63) is 99.6 Å². The molecule has 3 aromatic carbocycles. The lowest BCUT2D eigenvalue weighted by Crippen LogP contribution is -2.20. The maximum atomic E-state index is 12.2. The van der Waals surface area contributed by atoms with E-state index in [1.54, 1.807) is 36.4 Å². The lowest BCUT2D eigenvalue weighted by Gasteiger charge is -2.10. The van der Waals surface area contributed by atoms with Gasteiger partial charge in [-0.15, -0.1) is 0 Å². The smallest absolute Gasteiger partial charge is 0.269 e. The van der Waals surface area contributed by atoms with E-state index < -0.39 is 4.92 Å². The van der Waals surface area contributed by atoms with E-state index in [2.05, 4.69) is 11.4 Å². The van der Waals surface area contributed by atoms with Gasteiger partial charge in [0.25, 0.3) is 11.6 Å². The monoisotopic (exact) mass is 413 g/mol. The molecule has 1 amide bonds. The first-order valence-electron chi connectivity index (χ1n) is 9.41. The Morgan fingerprint density at radius 3 is 2.55 bits per heavy atom. The second-order valence-electron chi connectivity index (χ2n) is 6.72. The van der Waals surface area contributed by atoms with E-state index in [9.17, 15) is 20.2 Å². The van der Waals surface area contributed by atoms with Gasteiger partial charge < -0.3 is 10.1 Å². The summed E-state index contributed by atoms with van der Waals surface area (Å²) in [6, 6.07) is 22.3. The molecule has 154 valence electrons. The van der Waals surface area contributed by atoms with Crippen molar-refractivity contribution < 1.29 is 14.5 Å². The van der Waals surface area contributed by atoms with E-state index in [-0.39, 0.29) is 18.2 Å². The van der Waals surface area contributed by atoms with Crippen LogP contribution in [-0.4, -0.2) is 17.4 Å². The van der Waals surface area contributed by atoms with Crippen molar-refractivity contribution >= 4 is 28.9 Å². The molecule has 0 saturated carbocycles. The first kappa shape index (κ1) is 21.3. The minimum absolute atomic E-state index is 0.0515. The summed E-state index contributed by atoms with van der Waals surface area (Å²) in [6.45, 7) is 1.74. The third-order valence-electron chi connectivity index (χ3n) is 4.39. The SMILES string of the molecule is Cc1cccc(NC(=O)COc2ccccc2/C=C(\C#N)c2ccc([N+](=O)[O-])cc2)c1. The zero-order valence-electron chi connectivity index (χ0n) is 16.7. The Balaban J connectivity index is 1.75. The van der Waals surface area contributed by atoms with Crippen LogP contribution in [0.1, 0.15) is 16.7 Å². The number of nitro benzene ring substituents is 1. The number of nitrogens with one attached hydrogen (secondary N) is 1. The number of amides is 1. The first-order valence-corrected chi connectivity index (χ1v) is 9.41. The third kappa shape index (κ3) is 5.78. The number of nitriles is 1. The Bertz CT molecular complexity index is 1180. The van der Waals surface area contributed by atoms with E-state index in [1.165, 1.54) is 24.3 Å². The van der Waals surface area contributed by atoms with Crippen LogP contribution in [0, 0.1) is 28.4 Å². The molecule has 7 heteroatoms. The van der Waals surface area contributed by atoms with Crippen molar-refractivity contribution in [2.24, 2.45) is 0 Å². The molecular weight excluding hydrogens is 394 g/mol. The Hall–Kier alpha value is -4.44. The molecule has 0 unspecified atom stereocenters. The molecule has 1 N–H and O–H groups in total. The number of carbonyl (C=O) groups is 1. The molecule has 3 aromatic rings. The van der Waals surface area contributed by atoms with Crippen LogP contribution >= 0.6 is 0 Å². The number of allylic oxidation sites excluding steroid dienone is 1. The van der Waals surface area contributed by atoms with Gasteiger partial charge in [0.05, 0.1) is 16.6 Å². The Kier molecular flexibility index (Phi) is 6.76. The van der Waals surface area contributed by atoms with Crippen molar-refractivity contribution in [3.63, 3.8) is 0 Å². The number of nitrogens with zero attached hydrogens (tertiary/aromatic N) is 2. The molecule has 0 aromatic heterocycles. The van der Waals surface area contributed by atoms with Gasteiger partial charge >= 0.3 is 0 Å².